The van der Waals surface area contributed by atoms with Gasteiger partial charge in [-0.05, 0) is 104 Å². The first kappa shape index (κ1) is 32.1. The molecule has 1 atom stereocenters. The first-order valence-electron chi connectivity index (χ1n) is 15.9. The number of rotatable bonds is 6. The molecule has 2 aliphatic carbocycles. The van der Waals surface area contributed by atoms with Crippen LogP contribution in [0.25, 0.3) is 6.08 Å². The molecule has 0 N–H and O–H groups in total. The minimum absolute atomic E-state index is 0.0336. The predicted octanol–water partition coefficient (Wildman–Crippen LogP) is 8.42. The average molecular weight is 616 g/mol. The number of fused-ring (bicyclic) bond motifs is 1. The van der Waals surface area contributed by atoms with E-state index in [0.29, 0.717) is 35.5 Å². The molecule has 2 aromatic carbocycles. The normalized spacial score (nSPS) is 24.2. The SMILES string of the molecule is CC(C)(C)OC(=O)N1CCN(c2ccc3c(c2)CC(CCC2C(C)(C)C(/C=C/c4ccc(C#N)c(Cl)c4)C2(C)C)C3=O)CC1. The predicted molar refractivity (Wildman–Crippen MR) is 177 cm³/mol. The number of amides is 1. The van der Waals surface area contributed by atoms with Crippen LogP contribution < -0.4 is 4.90 Å². The third-order valence-electron chi connectivity index (χ3n) is 10.3. The summed E-state index contributed by atoms with van der Waals surface area (Å²) in [6.45, 7) is 17.8. The Balaban J connectivity index is 1.17. The molecule has 2 aromatic rings. The van der Waals surface area contributed by atoms with Crippen LogP contribution in [-0.2, 0) is 11.2 Å². The number of carbonyl (C=O) groups excluding carboxylic acids is 2. The van der Waals surface area contributed by atoms with Crippen LogP contribution in [-0.4, -0.2) is 48.6 Å². The fourth-order valence-corrected chi connectivity index (χ4v) is 8.50. The van der Waals surface area contributed by atoms with E-state index in [1.54, 1.807) is 11.0 Å². The van der Waals surface area contributed by atoms with Crippen molar-refractivity contribution in [1.29, 1.82) is 5.26 Å². The van der Waals surface area contributed by atoms with Gasteiger partial charge in [-0.1, -0.05) is 57.5 Å². The Hall–Kier alpha value is -3.30. The molecule has 7 heteroatoms. The second-order valence-electron chi connectivity index (χ2n) is 15.0. The molecule has 1 saturated heterocycles. The lowest BCUT2D eigenvalue weighted by molar-refractivity contribution is -0.140. The van der Waals surface area contributed by atoms with E-state index in [9.17, 15) is 9.59 Å². The Morgan fingerprint density at radius 2 is 1.73 bits per heavy atom. The summed E-state index contributed by atoms with van der Waals surface area (Å²) in [5, 5.41) is 9.64. The lowest BCUT2D eigenvalue weighted by Gasteiger charge is -2.64. The molecule has 44 heavy (non-hydrogen) atoms. The molecule has 2 fully saturated rings. The summed E-state index contributed by atoms with van der Waals surface area (Å²) in [4.78, 5) is 30.0. The third-order valence-corrected chi connectivity index (χ3v) is 10.6. The van der Waals surface area contributed by atoms with Crippen LogP contribution >= 0.6 is 11.6 Å². The first-order valence-corrected chi connectivity index (χ1v) is 16.3. The number of ether oxygens (including phenoxy) is 1. The second-order valence-corrected chi connectivity index (χ2v) is 15.4. The van der Waals surface area contributed by atoms with Crippen LogP contribution in [0, 0.1) is 39.9 Å². The number of carbonyl (C=O) groups is 2. The summed E-state index contributed by atoms with van der Waals surface area (Å²) in [6, 6.07) is 14.0. The lowest BCUT2D eigenvalue weighted by atomic mass is 9.40. The molecule has 1 heterocycles. The molecule has 3 aliphatic rings. The molecule has 1 amide bonds. The quantitative estimate of drug-likeness (QED) is 0.326. The van der Waals surface area contributed by atoms with Crippen molar-refractivity contribution in [2.24, 2.45) is 28.6 Å². The van der Waals surface area contributed by atoms with Crippen LogP contribution in [0.4, 0.5) is 10.5 Å². The zero-order chi connectivity index (χ0) is 32.0. The van der Waals surface area contributed by atoms with Crippen molar-refractivity contribution in [1.82, 2.24) is 4.90 Å². The molecule has 0 bridgehead atoms. The minimum atomic E-state index is -0.497. The Bertz CT molecular complexity index is 1490. The van der Waals surface area contributed by atoms with Gasteiger partial charge in [-0.15, -0.1) is 0 Å². The maximum absolute atomic E-state index is 13.4. The molecule has 1 aliphatic heterocycles. The van der Waals surface area contributed by atoms with Crippen molar-refractivity contribution < 1.29 is 14.3 Å². The van der Waals surface area contributed by atoms with Crippen molar-refractivity contribution in [3.63, 3.8) is 0 Å². The molecular weight excluding hydrogens is 570 g/mol. The summed E-state index contributed by atoms with van der Waals surface area (Å²) < 4.78 is 5.54. The van der Waals surface area contributed by atoms with Crippen molar-refractivity contribution >= 4 is 35.2 Å². The molecule has 234 valence electrons. The van der Waals surface area contributed by atoms with Crippen LogP contribution in [0.3, 0.4) is 0 Å². The van der Waals surface area contributed by atoms with Crippen LogP contribution in [0.15, 0.2) is 42.5 Å². The van der Waals surface area contributed by atoms with E-state index in [1.165, 1.54) is 0 Å². The van der Waals surface area contributed by atoms with E-state index in [2.05, 4.69) is 62.9 Å². The number of Topliss-reactive ketones (excluding diaryl/α,β-unsaturated/α-hetero) is 1. The van der Waals surface area contributed by atoms with Crippen LogP contribution in [0.5, 0.6) is 0 Å². The second kappa shape index (κ2) is 11.9. The smallest absolute Gasteiger partial charge is 0.410 e. The van der Waals surface area contributed by atoms with E-state index < -0.39 is 5.60 Å². The van der Waals surface area contributed by atoms with Crippen LogP contribution in [0.1, 0.15) is 88.4 Å². The fourth-order valence-electron chi connectivity index (χ4n) is 8.27. The first-order chi connectivity index (χ1) is 20.6. The molecule has 0 spiro atoms. The molecule has 5 rings (SSSR count). The third kappa shape index (κ3) is 6.26. The van der Waals surface area contributed by atoms with Crippen molar-refractivity contribution in [3.05, 3.63) is 69.8 Å². The van der Waals surface area contributed by atoms with Gasteiger partial charge in [0.05, 0.1) is 10.6 Å². The zero-order valence-corrected chi connectivity index (χ0v) is 28.0. The van der Waals surface area contributed by atoms with Crippen molar-refractivity contribution in [2.75, 3.05) is 31.1 Å². The minimum Gasteiger partial charge on any atom is -0.444 e. The zero-order valence-electron chi connectivity index (χ0n) is 27.2. The highest BCUT2D eigenvalue weighted by Gasteiger charge is 2.59. The van der Waals surface area contributed by atoms with Gasteiger partial charge in [-0.25, -0.2) is 4.79 Å². The van der Waals surface area contributed by atoms with Gasteiger partial charge in [0.15, 0.2) is 5.78 Å². The Labute approximate surface area is 268 Å². The Morgan fingerprint density at radius 1 is 1.05 bits per heavy atom. The van der Waals surface area contributed by atoms with E-state index in [-0.39, 0.29) is 28.6 Å². The number of nitriles is 1. The number of hydrogen-bond donors (Lipinski definition) is 0. The summed E-state index contributed by atoms with van der Waals surface area (Å²) in [7, 11) is 0. The molecule has 1 unspecified atom stereocenters. The molecular formula is C37H46ClN3O3. The molecule has 1 saturated carbocycles. The number of ketones is 1. The number of benzene rings is 2. The summed E-state index contributed by atoms with van der Waals surface area (Å²) in [5.41, 5.74) is 4.37. The van der Waals surface area contributed by atoms with E-state index >= 15 is 0 Å². The standard InChI is InChI=1S/C37H46ClN3O3/c1-35(2,3)44-34(43)41-18-16-40(17-19-41)28-12-13-29-27(22-28)21-25(33(29)42)11-15-32-36(4,5)31(37(32,6)7)14-9-24-8-10-26(23-39)30(38)20-24/h8-10,12-14,20,22,25,31-32H,11,15-19,21H2,1-7H3/b14-9+. The fraction of sp³-hybridized carbons (Fsp3) is 0.541. The number of halogens is 1. The van der Waals surface area contributed by atoms with Crippen molar-refractivity contribution in [2.45, 2.75) is 73.3 Å². The van der Waals surface area contributed by atoms with Gasteiger partial charge in [-0.2, -0.15) is 5.26 Å². The topological polar surface area (TPSA) is 73.6 Å². The summed E-state index contributed by atoms with van der Waals surface area (Å²) in [5.74, 6) is 1.21. The number of hydrogen-bond acceptors (Lipinski definition) is 5. The largest absolute Gasteiger partial charge is 0.444 e. The van der Waals surface area contributed by atoms with Crippen LogP contribution in [0.2, 0.25) is 5.02 Å². The van der Waals surface area contributed by atoms with Crippen molar-refractivity contribution in [3.8, 4) is 6.07 Å². The highest BCUT2D eigenvalue weighted by Crippen LogP contribution is 2.65. The van der Waals surface area contributed by atoms with E-state index in [1.807, 2.05) is 39.0 Å². The Morgan fingerprint density at radius 3 is 2.34 bits per heavy atom. The number of nitrogens with zero attached hydrogens (tertiary/aromatic N) is 3. The molecule has 0 aromatic heterocycles. The van der Waals surface area contributed by atoms with Gasteiger partial charge in [0.25, 0.3) is 0 Å². The van der Waals surface area contributed by atoms with Gasteiger partial charge in [0.1, 0.15) is 11.7 Å². The maximum atomic E-state index is 13.4. The number of allylic oxidation sites excluding steroid dienone is 1. The molecule has 0 radical (unpaired) electrons. The van der Waals surface area contributed by atoms with Gasteiger partial charge >= 0.3 is 6.09 Å². The van der Waals surface area contributed by atoms with E-state index in [0.717, 1.165) is 54.7 Å². The molecule has 6 nitrogen and oxygen atoms in total. The van der Waals surface area contributed by atoms with E-state index in [4.69, 9.17) is 21.6 Å². The van der Waals surface area contributed by atoms with Gasteiger partial charge in [0, 0.05) is 43.3 Å². The monoisotopic (exact) mass is 615 g/mol. The van der Waals surface area contributed by atoms with Gasteiger partial charge in [0.2, 0.25) is 0 Å². The summed E-state index contributed by atoms with van der Waals surface area (Å²) in [6.07, 6.45) is 6.91. The Kier molecular flexibility index (Phi) is 8.68. The highest BCUT2D eigenvalue weighted by atomic mass is 35.5. The van der Waals surface area contributed by atoms with Gasteiger partial charge < -0.3 is 14.5 Å². The maximum Gasteiger partial charge on any atom is 0.410 e. The summed E-state index contributed by atoms with van der Waals surface area (Å²) >= 11 is 6.25. The number of anilines is 1. The van der Waals surface area contributed by atoms with Gasteiger partial charge in [-0.3, -0.25) is 4.79 Å². The average Bonchev–Trinajstić information content (AvgIpc) is 3.26. The number of piperazine rings is 1. The lowest BCUT2D eigenvalue weighted by Crippen LogP contribution is -2.58. The highest BCUT2D eigenvalue weighted by molar-refractivity contribution is 6.31.